The first-order valence-electron chi connectivity index (χ1n) is 9.16. The van der Waals surface area contributed by atoms with Crippen LogP contribution in [0.5, 0.6) is 5.75 Å². The Kier molecular flexibility index (Phi) is 10.7. The van der Waals surface area contributed by atoms with Gasteiger partial charge in [0, 0.05) is 33.9 Å². The molecule has 0 bridgehead atoms. The summed E-state index contributed by atoms with van der Waals surface area (Å²) in [6.07, 6.45) is -3.94. The van der Waals surface area contributed by atoms with Crippen LogP contribution in [0.3, 0.4) is 0 Å². The third kappa shape index (κ3) is 9.27. The van der Waals surface area contributed by atoms with Crippen LogP contribution < -0.4 is 15.4 Å². The highest BCUT2D eigenvalue weighted by Crippen LogP contribution is 2.34. The van der Waals surface area contributed by atoms with Crippen LogP contribution in [0.25, 0.3) is 0 Å². The molecule has 0 fully saturated rings. The van der Waals surface area contributed by atoms with Crippen molar-refractivity contribution < 1.29 is 27.4 Å². The minimum absolute atomic E-state index is 0.0131. The van der Waals surface area contributed by atoms with E-state index in [4.69, 9.17) is 14.2 Å². The van der Waals surface area contributed by atoms with Crippen molar-refractivity contribution in [2.75, 3.05) is 40.5 Å². The van der Waals surface area contributed by atoms with E-state index in [0.717, 1.165) is 12.5 Å². The summed E-state index contributed by atoms with van der Waals surface area (Å²) < 4.78 is 55.8. The van der Waals surface area contributed by atoms with E-state index in [1.165, 1.54) is 6.07 Å². The molecule has 1 rings (SSSR count). The quantitative estimate of drug-likeness (QED) is 0.336. The van der Waals surface area contributed by atoms with Crippen LogP contribution in [-0.4, -0.2) is 52.6 Å². The third-order valence-electron chi connectivity index (χ3n) is 3.62. The summed E-state index contributed by atoms with van der Waals surface area (Å²) in [4.78, 5) is 4.03. The van der Waals surface area contributed by atoms with Gasteiger partial charge in [0.05, 0.1) is 24.9 Å². The second kappa shape index (κ2) is 12.5. The molecule has 0 saturated carbocycles. The fraction of sp³-hybridized carbons (Fsp3) is 0.632. The van der Waals surface area contributed by atoms with Crippen molar-refractivity contribution in [1.82, 2.24) is 10.6 Å². The number of benzene rings is 1. The van der Waals surface area contributed by atoms with E-state index in [1.807, 2.05) is 0 Å². The van der Waals surface area contributed by atoms with Crippen LogP contribution in [0.1, 0.15) is 31.4 Å². The van der Waals surface area contributed by atoms with E-state index in [0.29, 0.717) is 32.3 Å². The summed E-state index contributed by atoms with van der Waals surface area (Å²) in [5.41, 5.74) is -0.602. The molecule has 0 aromatic heterocycles. The lowest BCUT2D eigenvalue weighted by atomic mass is 10.1. The molecule has 1 aromatic rings. The number of methoxy groups -OCH3 is 1. The molecule has 2 N–H and O–H groups in total. The molecule has 0 radical (unpaired) electrons. The van der Waals surface area contributed by atoms with Gasteiger partial charge < -0.3 is 24.8 Å². The van der Waals surface area contributed by atoms with Gasteiger partial charge in [0.2, 0.25) is 0 Å². The summed E-state index contributed by atoms with van der Waals surface area (Å²) in [5, 5.41) is 5.95. The molecule has 0 aliphatic carbocycles. The maximum atomic E-state index is 13.4. The van der Waals surface area contributed by atoms with E-state index >= 15 is 0 Å². The van der Waals surface area contributed by atoms with Crippen LogP contribution in [0.2, 0.25) is 0 Å². The van der Waals surface area contributed by atoms with Gasteiger partial charge in [-0.05, 0) is 38.0 Å². The predicted molar refractivity (Wildman–Crippen MR) is 103 cm³/mol. The van der Waals surface area contributed by atoms with Gasteiger partial charge in [-0.2, -0.15) is 13.2 Å². The normalized spacial score (nSPS) is 12.4. The van der Waals surface area contributed by atoms with Gasteiger partial charge in [-0.15, -0.1) is 0 Å². The Morgan fingerprint density at radius 1 is 1.14 bits per heavy atom. The zero-order valence-electron chi connectivity index (χ0n) is 16.9. The first-order chi connectivity index (χ1) is 13.3. The van der Waals surface area contributed by atoms with Crippen LogP contribution in [-0.2, 0) is 22.2 Å². The molecular formula is C19H30F3N3O3. The Hall–Kier alpha value is -2.00. The topological polar surface area (TPSA) is 64.1 Å². The molecule has 0 unspecified atom stereocenters. The Balaban J connectivity index is 2.59. The van der Waals surface area contributed by atoms with Crippen molar-refractivity contribution >= 4 is 5.96 Å². The van der Waals surface area contributed by atoms with E-state index < -0.39 is 11.7 Å². The zero-order valence-corrected chi connectivity index (χ0v) is 16.9. The molecule has 0 spiro atoms. The Bertz CT molecular complexity index is 608. The van der Waals surface area contributed by atoms with Crippen LogP contribution in [0, 0.1) is 0 Å². The van der Waals surface area contributed by atoms with Gasteiger partial charge in [-0.3, -0.25) is 4.99 Å². The number of hydrogen-bond donors (Lipinski definition) is 2. The van der Waals surface area contributed by atoms with Crippen LogP contribution >= 0.6 is 0 Å². The second-order valence-corrected chi connectivity index (χ2v) is 6.29. The maximum Gasteiger partial charge on any atom is 0.416 e. The summed E-state index contributed by atoms with van der Waals surface area (Å²) >= 11 is 0. The van der Waals surface area contributed by atoms with Crippen molar-refractivity contribution in [3.8, 4) is 5.75 Å². The van der Waals surface area contributed by atoms with Crippen molar-refractivity contribution in [3.63, 3.8) is 0 Å². The van der Waals surface area contributed by atoms with E-state index in [2.05, 4.69) is 15.6 Å². The number of hydrogen-bond acceptors (Lipinski definition) is 4. The highest BCUT2D eigenvalue weighted by atomic mass is 19.4. The molecule has 0 saturated heterocycles. The summed E-state index contributed by atoms with van der Waals surface area (Å²) in [6, 6.07) is 3.99. The van der Waals surface area contributed by atoms with Crippen molar-refractivity contribution in [1.29, 1.82) is 0 Å². The molecule has 6 nitrogen and oxygen atoms in total. The van der Waals surface area contributed by atoms with Gasteiger partial charge in [-0.25, -0.2) is 0 Å². The van der Waals surface area contributed by atoms with Crippen LogP contribution in [0.4, 0.5) is 13.2 Å². The minimum atomic E-state index is -4.47. The number of rotatable bonds is 11. The minimum Gasteiger partial charge on any atom is -0.491 e. The number of guanidine groups is 1. The monoisotopic (exact) mass is 405 g/mol. The molecule has 9 heteroatoms. The Labute approximate surface area is 164 Å². The number of aliphatic imine (C=N–C) groups is 1. The summed E-state index contributed by atoms with van der Waals surface area (Å²) in [6.45, 7) is 5.73. The lowest BCUT2D eigenvalue weighted by Gasteiger charge is -2.18. The molecule has 0 aliphatic rings. The number of nitrogens with one attached hydrogen (secondary N) is 2. The highest BCUT2D eigenvalue weighted by Gasteiger charge is 2.33. The van der Waals surface area contributed by atoms with Gasteiger partial charge in [0.25, 0.3) is 0 Å². The molecule has 1 aromatic carbocycles. The van der Waals surface area contributed by atoms with Crippen LogP contribution in [0.15, 0.2) is 23.2 Å². The summed E-state index contributed by atoms with van der Waals surface area (Å²) in [7, 11) is 3.17. The zero-order chi connectivity index (χ0) is 21.0. The maximum absolute atomic E-state index is 13.4. The van der Waals surface area contributed by atoms with Crippen molar-refractivity contribution in [2.24, 2.45) is 4.99 Å². The predicted octanol–water partition coefficient (Wildman–Crippen LogP) is 3.21. The molecule has 28 heavy (non-hydrogen) atoms. The largest absolute Gasteiger partial charge is 0.491 e. The van der Waals surface area contributed by atoms with Gasteiger partial charge >= 0.3 is 6.18 Å². The lowest BCUT2D eigenvalue weighted by Crippen LogP contribution is -2.38. The highest BCUT2D eigenvalue weighted by molar-refractivity contribution is 5.79. The standard InChI is InChI=1S/C19H30F3N3O3/c1-14(2)28-16-7-6-15(17(12-16)19(20,21)22)13-25-18(23-3)24-8-5-9-27-11-10-26-4/h6-7,12,14H,5,8-11,13H2,1-4H3,(H2,23,24,25). The number of alkyl halides is 3. The third-order valence-corrected chi connectivity index (χ3v) is 3.62. The molecule has 0 aliphatic heterocycles. The smallest absolute Gasteiger partial charge is 0.416 e. The van der Waals surface area contributed by atoms with E-state index in [1.54, 1.807) is 34.1 Å². The molecule has 0 amide bonds. The number of nitrogens with zero attached hydrogens (tertiary/aromatic N) is 1. The number of halogens is 3. The summed E-state index contributed by atoms with van der Waals surface area (Å²) in [5.74, 6) is 0.620. The van der Waals surface area contributed by atoms with Gasteiger partial charge in [0.15, 0.2) is 5.96 Å². The van der Waals surface area contributed by atoms with E-state index in [-0.39, 0.29) is 24.0 Å². The van der Waals surface area contributed by atoms with E-state index in [9.17, 15) is 13.2 Å². The lowest BCUT2D eigenvalue weighted by molar-refractivity contribution is -0.138. The molecule has 160 valence electrons. The SMILES string of the molecule is CN=C(NCCCOCCOC)NCc1ccc(OC(C)C)cc1C(F)(F)F. The van der Waals surface area contributed by atoms with Gasteiger partial charge in [-0.1, -0.05) is 6.07 Å². The average Bonchev–Trinajstić information content (AvgIpc) is 2.63. The van der Waals surface area contributed by atoms with Crippen molar-refractivity contribution in [2.45, 2.75) is 39.1 Å². The molecule has 0 atom stereocenters. The average molecular weight is 405 g/mol. The molecular weight excluding hydrogens is 375 g/mol. The Morgan fingerprint density at radius 3 is 2.50 bits per heavy atom. The van der Waals surface area contributed by atoms with Crippen molar-refractivity contribution in [3.05, 3.63) is 29.3 Å². The first kappa shape index (κ1) is 24.0. The van der Waals surface area contributed by atoms with Gasteiger partial charge in [0.1, 0.15) is 5.75 Å². The Morgan fingerprint density at radius 2 is 1.89 bits per heavy atom. The fourth-order valence-electron chi connectivity index (χ4n) is 2.34. The number of ether oxygens (including phenoxy) is 3. The fourth-order valence-corrected chi connectivity index (χ4v) is 2.34. The second-order valence-electron chi connectivity index (χ2n) is 6.29. The first-order valence-corrected chi connectivity index (χ1v) is 9.16. The molecule has 0 heterocycles.